The predicted molar refractivity (Wildman–Crippen MR) is 121 cm³/mol. The Hall–Kier alpha value is -2.28. The number of hydrogen-bond acceptors (Lipinski definition) is 4. The van der Waals surface area contributed by atoms with Crippen molar-refractivity contribution in [2.45, 2.75) is 64.3 Å². The standard InChI is InChI=1S/C25H31F3N4/c1-17-12-21(25(26,27)28)14-24(29-17)31-10-7-19-13-22(6-5-20(19)15-31)30-11-8-23(16-30)32-9-3-4-18(32)2/h5-6,12-14,18,23H,3-4,7-11,15-16H2,1-2H3/t18-,23-/m0/s1. The topological polar surface area (TPSA) is 22.6 Å². The molecule has 0 N–H and O–H groups in total. The van der Waals surface area contributed by atoms with Crippen LogP contribution in [0.25, 0.3) is 0 Å². The Morgan fingerprint density at radius 2 is 1.81 bits per heavy atom. The molecule has 0 amide bonds. The third-order valence-corrected chi connectivity index (χ3v) is 7.40. The second-order valence-corrected chi connectivity index (χ2v) is 9.60. The van der Waals surface area contributed by atoms with Gasteiger partial charge in [0.15, 0.2) is 0 Å². The van der Waals surface area contributed by atoms with Gasteiger partial charge in [0.1, 0.15) is 5.82 Å². The van der Waals surface area contributed by atoms with E-state index in [9.17, 15) is 13.2 Å². The zero-order chi connectivity index (χ0) is 22.5. The van der Waals surface area contributed by atoms with E-state index in [0.717, 1.165) is 25.6 Å². The third-order valence-electron chi connectivity index (χ3n) is 7.40. The molecule has 32 heavy (non-hydrogen) atoms. The minimum atomic E-state index is -4.36. The number of hydrogen-bond donors (Lipinski definition) is 0. The first-order valence-electron chi connectivity index (χ1n) is 11.7. The Morgan fingerprint density at radius 1 is 0.969 bits per heavy atom. The van der Waals surface area contributed by atoms with Crippen molar-refractivity contribution in [1.82, 2.24) is 9.88 Å². The smallest absolute Gasteiger partial charge is 0.370 e. The largest absolute Gasteiger partial charge is 0.416 e. The maximum atomic E-state index is 13.2. The Bertz CT molecular complexity index is 990. The molecule has 3 aliphatic rings. The lowest BCUT2D eigenvalue weighted by atomic mass is 9.98. The van der Waals surface area contributed by atoms with Gasteiger partial charge in [0, 0.05) is 49.6 Å². The Kier molecular flexibility index (Phi) is 5.56. The lowest BCUT2D eigenvalue weighted by Crippen LogP contribution is -2.39. The van der Waals surface area contributed by atoms with E-state index in [1.54, 1.807) is 6.92 Å². The van der Waals surface area contributed by atoms with Crippen LogP contribution in [0.15, 0.2) is 30.3 Å². The molecule has 0 saturated carbocycles. The minimum Gasteiger partial charge on any atom is -0.370 e. The van der Waals surface area contributed by atoms with Crippen molar-refractivity contribution >= 4 is 11.5 Å². The molecule has 2 aromatic rings. The average molecular weight is 445 g/mol. The Morgan fingerprint density at radius 3 is 2.56 bits per heavy atom. The fourth-order valence-electron chi connectivity index (χ4n) is 5.65. The summed E-state index contributed by atoms with van der Waals surface area (Å²) in [6, 6.07) is 10.3. The molecule has 2 saturated heterocycles. The number of aryl methyl sites for hydroxylation is 1. The van der Waals surface area contributed by atoms with Crippen LogP contribution in [0.5, 0.6) is 0 Å². The highest BCUT2D eigenvalue weighted by Gasteiger charge is 2.34. The van der Waals surface area contributed by atoms with Crippen molar-refractivity contribution in [3.8, 4) is 0 Å². The Balaban J connectivity index is 1.30. The first-order chi connectivity index (χ1) is 15.3. The molecular formula is C25H31F3N4. The van der Waals surface area contributed by atoms with Crippen LogP contribution in [0.4, 0.5) is 24.7 Å². The van der Waals surface area contributed by atoms with Crippen molar-refractivity contribution in [2.75, 3.05) is 36.0 Å². The Labute approximate surface area is 188 Å². The summed E-state index contributed by atoms with van der Waals surface area (Å²) in [5, 5.41) is 0. The lowest BCUT2D eigenvalue weighted by molar-refractivity contribution is -0.137. The summed E-state index contributed by atoms with van der Waals surface area (Å²) < 4.78 is 39.7. The molecule has 1 aromatic carbocycles. The third kappa shape index (κ3) is 4.19. The van der Waals surface area contributed by atoms with Gasteiger partial charge in [0.2, 0.25) is 0 Å². The number of alkyl halides is 3. The molecule has 3 aliphatic heterocycles. The highest BCUT2D eigenvalue weighted by molar-refractivity contribution is 5.55. The lowest BCUT2D eigenvalue weighted by Gasteiger charge is -2.32. The summed E-state index contributed by atoms with van der Waals surface area (Å²) in [7, 11) is 0. The first-order valence-corrected chi connectivity index (χ1v) is 11.7. The number of rotatable bonds is 3. The van der Waals surface area contributed by atoms with Crippen LogP contribution in [0, 0.1) is 6.92 Å². The van der Waals surface area contributed by atoms with Gasteiger partial charge in [-0.15, -0.1) is 0 Å². The van der Waals surface area contributed by atoms with Crippen LogP contribution < -0.4 is 9.80 Å². The SMILES string of the molecule is Cc1cc(C(F)(F)F)cc(N2CCc3cc(N4CC[C@H](N5CCC[C@@H]5C)C4)ccc3C2)n1. The highest BCUT2D eigenvalue weighted by atomic mass is 19.4. The van der Waals surface area contributed by atoms with Gasteiger partial charge in [-0.3, -0.25) is 4.90 Å². The van der Waals surface area contributed by atoms with Crippen molar-refractivity contribution in [3.05, 3.63) is 52.7 Å². The molecule has 2 atom stereocenters. The monoisotopic (exact) mass is 444 g/mol. The maximum Gasteiger partial charge on any atom is 0.416 e. The maximum absolute atomic E-state index is 13.2. The number of anilines is 2. The summed E-state index contributed by atoms with van der Waals surface area (Å²) in [6.45, 7) is 8.64. The number of pyridine rings is 1. The molecule has 0 aliphatic carbocycles. The predicted octanol–water partition coefficient (Wildman–Crippen LogP) is 5.03. The molecular weight excluding hydrogens is 413 g/mol. The van der Waals surface area contributed by atoms with Crippen LogP contribution in [-0.4, -0.2) is 48.1 Å². The molecule has 1 aromatic heterocycles. The molecule has 5 rings (SSSR count). The number of nitrogens with zero attached hydrogens (tertiary/aromatic N) is 4. The molecule has 172 valence electrons. The number of halogens is 3. The van der Waals surface area contributed by atoms with Gasteiger partial charge in [-0.25, -0.2) is 4.98 Å². The van der Waals surface area contributed by atoms with Crippen molar-refractivity contribution in [3.63, 3.8) is 0 Å². The number of aromatic nitrogens is 1. The zero-order valence-corrected chi connectivity index (χ0v) is 18.8. The van der Waals surface area contributed by atoms with Crippen molar-refractivity contribution in [2.24, 2.45) is 0 Å². The summed E-state index contributed by atoms with van der Waals surface area (Å²) in [4.78, 5) is 11.5. The van der Waals surface area contributed by atoms with Crippen LogP contribution in [0.3, 0.4) is 0 Å². The van der Waals surface area contributed by atoms with Gasteiger partial charge in [0.25, 0.3) is 0 Å². The number of benzene rings is 1. The highest BCUT2D eigenvalue weighted by Crippen LogP contribution is 2.34. The fourth-order valence-corrected chi connectivity index (χ4v) is 5.65. The van der Waals surface area contributed by atoms with Crippen LogP contribution in [0.1, 0.15) is 48.6 Å². The van der Waals surface area contributed by atoms with E-state index in [-0.39, 0.29) is 0 Å². The molecule has 2 fully saturated rings. The normalized spacial score (nSPS) is 24.3. The summed E-state index contributed by atoms with van der Waals surface area (Å²) in [6.07, 6.45) is 0.307. The van der Waals surface area contributed by atoms with E-state index in [0.29, 0.717) is 36.7 Å². The van der Waals surface area contributed by atoms with Gasteiger partial charge in [-0.2, -0.15) is 13.2 Å². The zero-order valence-electron chi connectivity index (χ0n) is 18.8. The van der Waals surface area contributed by atoms with Crippen molar-refractivity contribution < 1.29 is 13.2 Å². The van der Waals surface area contributed by atoms with E-state index in [4.69, 9.17) is 0 Å². The van der Waals surface area contributed by atoms with Crippen LogP contribution in [-0.2, 0) is 19.1 Å². The van der Waals surface area contributed by atoms with E-state index in [1.165, 1.54) is 48.7 Å². The molecule has 4 nitrogen and oxygen atoms in total. The van der Waals surface area contributed by atoms with Gasteiger partial charge in [-0.05, 0) is 81.5 Å². The summed E-state index contributed by atoms with van der Waals surface area (Å²) >= 11 is 0. The second kappa shape index (κ2) is 8.25. The molecule has 0 bridgehead atoms. The summed E-state index contributed by atoms with van der Waals surface area (Å²) in [5.41, 5.74) is 3.53. The van der Waals surface area contributed by atoms with Gasteiger partial charge < -0.3 is 9.80 Å². The quantitative estimate of drug-likeness (QED) is 0.662. The fraction of sp³-hybridized carbons (Fsp3) is 0.560. The molecule has 0 radical (unpaired) electrons. The van der Waals surface area contributed by atoms with Gasteiger partial charge in [-0.1, -0.05) is 6.07 Å². The van der Waals surface area contributed by atoms with E-state index in [1.807, 2.05) is 4.90 Å². The van der Waals surface area contributed by atoms with E-state index >= 15 is 0 Å². The number of fused-ring (bicyclic) bond motifs is 1. The molecule has 0 spiro atoms. The number of likely N-dealkylation sites (tertiary alicyclic amines) is 1. The van der Waals surface area contributed by atoms with E-state index in [2.05, 4.69) is 39.9 Å². The van der Waals surface area contributed by atoms with Gasteiger partial charge >= 0.3 is 6.18 Å². The average Bonchev–Trinajstić information content (AvgIpc) is 3.41. The van der Waals surface area contributed by atoms with Crippen molar-refractivity contribution in [1.29, 1.82) is 0 Å². The van der Waals surface area contributed by atoms with Gasteiger partial charge in [0.05, 0.1) is 5.56 Å². The second-order valence-electron chi connectivity index (χ2n) is 9.60. The van der Waals surface area contributed by atoms with Crippen LogP contribution in [0.2, 0.25) is 0 Å². The first kappa shape index (κ1) is 21.6. The minimum absolute atomic E-state index is 0.395. The molecule has 4 heterocycles. The molecule has 7 heteroatoms. The van der Waals surface area contributed by atoms with Crippen LogP contribution >= 0.6 is 0 Å². The summed E-state index contributed by atoms with van der Waals surface area (Å²) in [5.74, 6) is 0.411. The molecule has 0 unspecified atom stereocenters. The van der Waals surface area contributed by atoms with E-state index < -0.39 is 11.7 Å².